The van der Waals surface area contributed by atoms with E-state index in [4.69, 9.17) is 9.47 Å². The van der Waals surface area contributed by atoms with Crippen LogP contribution in [0.5, 0.6) is 11.5 Å². The van der Waals surface area contributed by atoms with Crippen LogP contribution in [0.4, 0.5) is 10.5 Å². The number of benzene rings is 2. The van der Waals surface area contributed by atoms with Crippen LogP contribution in [0.1, 0.15) is 41.3 Å². The molecular formula is C24H23N3O6. The van der Waals surface area contributed by atoms with Crippen LogP contribution in [0.3, 0.4) is 0 Å². The van der Waals surface area contributed by atoms with Crippen LogP contribution in [0.15, 0.2) is 36.4 Å². The number of anilines is 1. The van der Waals surface area contributed by atoms with Gasteiger partial charge in [-0.2, -0.15) is 0 Å². The third-order valence-electron chi connectivity index (χ3n) is 6.22. The first-order chi connectivity index (χ1) is 15.8. The summed E-state index contributed by atoms with van der Waals surface area (Å²) in [5.41, 5.74) is 1.14. The van der Waals surface area contributed by atoms with E-state index in [1.807, 2.05) is 0 Å². The molecule has 5 rings (SSSR count). The maximum atomic E-state index is 13.3. The first-order valence-corrected chi connectivity index (χ1v) is 10.9. The lowest BCUT2D eigenvalue weighted by molar-refractivity contribution is -0.130. The summed E-state index contributed by atoms with van der Waals surface area (Å²) >= 11 is 0. The highest BCUT2D eigenvalue weighted by Crippen LogP contribution is 2.36. The standard InChI is InChI=1S/C24H23N3O6/c1-24(16-5-7-19-20(12-16)33-10-2-9-32-19)22(30)27(23(31)26-24)13-18(28)15-3-6-17-14(11-15)4-8-21(29)25-17/h3,5-7,11-12H,2,4,8-10,13H2,1H3,(H,25,29)(H,26,31)/t24-/m1/s1. The molecule has 0 radical (unpaired) electrons. The minimum atomic E-state index is -1.33. The fourth-order valence-corrected chi connectivity index (χ4v) is 4.30. The van der Waals surface area contributed by atoms with Gasteiger partial charge in [0.05, 0.1) is 19.8 Å². The number of rotatable bonds is 4. The van der Waals surface area contributed by atoms with E-state index in [1.165, 1.54) is 0 Å². The van der Waals surface area contributed by atoms with E-state index in [0.717, 1.165) is 16.9 Å². The minimum Gasteiger partial charge on any atom is -0.490 e. The maximum Gasteiger partial charge on any atom is 0.325 e. The molecule has 2 aromatic rings. The normalized spacial score (nSPS) is 21.7. The first kappa shape index (κ1) is 21.0. The number of ether oxygens (including phenoxy) is 2. The highest BCUT2D eigenvalue weighted by Gasteiger charge is 2.49. The topological polar surface area (TPSA) is 114 Å². The number of carbonyl (C=O) groups excluding carboxylic acids is 4. The van der Waals surface area contributed by atoms with Gasteiger partial charge in [-0.1, -0.05) is 6.07 Å². The maximum absolute atomic E-state index is 13.3. The number of ketones is 1. The summed E-state index contributed by atoms with van der Waals surface area (Å²) in [7, 11) is 0. The molecule has 9 nitrogen and oxygen atoms in total. The second-order valence-corrected chi connectivity index (χ2v) is 8.50. The lowest BCUT2D eigenvalue weighted by Crippen LogP contribution is -2.41. The SMILES string of the molecule is C[C@]1(c2ccc3c(c2)OCCCO3)NC(=O)N(CC(=O)c2ccc3c(c2)CCC(=O)N3)C1=O. The summed E-state index contributed by atoms with van der Waals surface area (Å²) in [6.45, 7) is 2.28. The Hall–Kier alpha value is -3.88. The molecule has 170 valence electrons. The van der Waals surface area contributed by atoms with Crippen LogP contribution in [0, 0.1) is 0 Å². The molecule has 2 N–H and O–H groups in total. The average molecular weight is 449 g/mol. The average Bonchev–Trinajstić information content (AvgIpc) is 2.96. The molecule has 3 heterocycles. The van der Waals surface area contributed by atoms with E-state index in [1.54, 1.807) is 43.3 Å². The predicted octanol–water partition coefficient (Wildman–Crippen LogP) is 2.38. The summed E-state index contributed by atoms with van der Waals surface area (Å²) in [5.74, 6) is 0.174. The molecular weight excluding hydrogens is 426 g/mol. The molecule has 0 aliphatic carbocycles. The highest BCUT2D eigenvalue weighted by molar-refractivity contribution is 6.11. The van der Waals surface area contributed by atoms with Gasteiger partial charge in [-0.15, -0.1) is 0 Å². The van der Waals surface area contributed by atoms with E-state index in [-0.39, 0.29) is 18.2 Å². The number of nitrogens with zero attached hydrogens (tertiary/aromatic N) is 1. The molecule has 9 heteroatoms. The Morgan fingerprint density at radius 3 is 2.64 bits per heavy atom. The highest BCUT2D eigenvalue weighted by atomic mass is 16.5. The third-order valence-corrected chi connectivity index (χ3v) is 6.22. The van der Waals surface area contributed by atoms with Gasteiger partial charge in [0.2, 0.25) is 5.91 Å². The van der Waals surface area contributed by atoms with E-state index >= 15 is 0 Å². The van der Waals surface area contributed by atoms with Gasteiger partial charge in [0.1, 0.15) is 5.54 Å². The van der Waals surface area contributed by atoms with Crippen molar-refractivity contribution in [3.05, 3.63) is 53.1 Å². The van der Waals surface area contributed by atoms with Crippen molar-refractivity contribution >= 4 is 29.3 Å². The van der Waals surface area contributed by atoms with Crippen LogP contribution in [0.25, 0.3) is 0 Å². The number of fused-ring (bicyclic) bond motifs is 2. The molecule has 1 saturated heterocycles. The van der Waals surface area contributed by atoms with Crippen molar-refractivity contribution in [3.8, 4) is 11.5 Å². The number of hydrogen-bond donors (Lipinski definition) is 2. The van der Waals surface area contributed by atoms with Gasteiger partial charge in [0.15, 0.2) is 17.3 Å². The number of hydrogen-bond acceptors (Lipinski definition) is 6. The molecule has 0 bridgehead atoms. The minimum absolute atomic E-state index is 0.0602. The van der Waals surface area contributed by atoms with Crippen molar-refractivity contribution in [2.75, 3.05) is 25.1 Å². The summed E-state index contributed by atoms with van der Waals surface area (Å²) in [5, 5.41) is 5.49. The van der Waals surface area contributed by atoms with Gasteiger partial charge in [-0.05, 0) is 54.8 Å². The number of urea groups is 1. The Labute approximate surface area is 190 Å². The lowest BCUT2D eigenvalue weighted by Gasteiger charge is -2.23. The van der Waals surface area contributed by atoms with Crippen molar-refractivity contribution in [3.63, 3.8) is 0 Å². The van der Waals surface area contributed by atoms with Crippen molar-refractivity contribution in [1.29, 1.82) is 0 Å². The van der Waals surface area contributed by atoms with Crippen LogP contribution >= 0.6 is 0 Å². The molecule has 3 aliphatic rings. The number of nitrogens with one attached hydrogen (secondary N) is 2. The van der Waals surface area contributed by atoms with Crippen LogP contribution in [-0.4, -0.2) is 48.3 Å². The molecule has 0 saturated carbocycles. The number of amides is 4. The quantitative estimate of drug-likeness (QED) is 0.547. The zero-order chi connectivity index (χ0) is 23.2. The van der Waals surface area contributed by atoms with E-state index in [2.05, 4.69) is 10.6 Å². The fraction of sp³-hybridized carbons (Fsp3) is 0.333. The summed E-state index contributed by atoms with van der Waals surface area (Å²) < 4.78 is 11.4. The van der Waals surface area contributed by atoms with Crippen LogP contribution < -0.4 is 20.1 Å². The molecule has 0 spiro atoms. The van der Waals surface area contributed by atoms with E-state index in [0.29, 0.717) is 54.4 Å². The Bertz CT molecular complexity index is 1190. The number of aryl methyl sites for hydroxylation is 1. The molecule has 0 unspecified atom stereocenters. The first-order valence-electron chi connectivity index (χ1n) is 10.9. The zero-order valence-corrected chi connectivity index (χ0v) is 18.1. The molecule has 4 amide bonds. The number of carbonyl (C=O) groups is 4. The Morgan fingerprint density at radius 1 is 1.03 bits per heavy atom. The predicted molar refractivity (Wildman–Crippen MR) is 117 cm³/mol. The summed E-state index contributed by atoms with van der Waals surface area (Å²) in [4.78, 5) is 51.4. The van der Waals surface area contributed by atoms with E-state index in [9.17, 15) is 19.2 Å². The van der Waals surface area contributed by atoms with Gasteiger partial charge < -0.3 is 20.1 Å². The molecule has 3 aliphatic heterocycles. The fourth-order valence-electron chi connectivity index (χ4n) is 4.30. The second-order valence-electron chi connectivity index (χ2n) is 8.50. The van der Waals surface area contributed by atoms with Gasteiger partial charge in [0, 0.05) is 24.1 Å². The zero-order valence-electron chi connectivity index (χ0n) is 18.1. The van der Waals surface area contributed by atoms with Gasteiger partial charge in [0.25, 0.3) is 5.91 Å². The van der Waals surface area contributed by atoms with Crippen LogP contribution in [-0.2, 0) is 21.5 Å². The lowest BCUT2D eigenvalue weighted by atomic mass is 9.91. The van der Waals surface area contributed by atoms with Crippen molar-refractivity contribution < 1.29 is 28.7 Å². The van der Waals surface area contributed by atoms with Gasteiger partial charge in [-0.3, -0.25) is 19.3 Å². The largest absolute Gasteiger partial charge is 0.490 e. The number of imide groups is 1. The van der Waals surface area contributed by atoms with Crippen molar-refractivity contribution in [1.82, 2.24) is 10.2 Å². The van der Waals surface area contributed by atoms with Crippen molar-refractivity contribution in [2.24, 2.45) is 0 Å². The van der Waals surface area contributed by atoms with Crippen molar-refractivity contribution in [2.45, 2.75) is 31.7 Å². The Morgan fingerprint density at radius 2 is 1.82 bits per heavy atom. The monoisotopic (exact) mass is 449 g/mol. The molecule has 0 aromatic heterocycles. The molecule has 1 fully saturated rings. The second kappa shape index (κ2) is 7.91. The summed E-state index contributed by atoms with van der Waals surface area (Å²) in [6.07, 6.45) is 1.64. The Kier molecular flexibility index (Phi) is 5.03. The molecule has 1 atom stereocenters. The molecule has 33 heavy (non-hydrogen) atoms. The van der Waals surface area contributed by atoms with Gasteiger partial charge in [-0.25, -0.2) is 4.79 Å². The smallest absolute Gasteiger partial charge is 0.325 e. The third kappa shape index (κ3) is 3.69. The summed E-state index contributed by atoms with van der Waals surface area (Å²) in [6, 6.07) is 9.48. The Balaban J connectivity index is 1.36. The molecule has 2 aromatic carbocycles. The van der Waals surface area contributed by atoms with Crippen LogP contribution in [0.2, 0.25) is 0 Å². The van der Waals surface area contributed by atoms with E-state index < -0.39 is 17.5 Å². The van der Waals surface area contributed by atoms with Gasteiger partial charge >= 0.3 is 6.03 Å². The number of Topliss-reactive ketones (excluding diaryl/α,β-unsaturated/α-hetero) is 1.